The van der Waals surface area contributed by atoms with E-state index in [1.54, 1.807) is 0 Å². The number of hydrogen-bond donors (Lipinski definition) is 0. The molecule has 15 heteroatoms. The number of rotatable bonds is 22. The van der Waals surface area contributed by atoms with Crippen molar-refractivity contribution in [3.05, 3.63) is 0 Å². The van der Waals surface area contributed by atoms with E-state index in [1.807, 2.05) is 41.5 Å². The molecule has 0 saturated heterocycles. The van der Waals surface area contributed by atoms with Crippen molar-refractivity contribution in [2.24, 2.45) is 171 Å². The van der Waals surface area contributed by atoms with Gasteiger partial charge < -0.3 is 42.6 Å². The Balaban J connectivity index is 0.000000173. The lowest BCUT2D eigenvalue weighted by molar-refractivity contribution is -0.192. The van der Waals surface area contributed by atoms with Crippen LogP contribution in [0.25, 0.3) is 0 Å². The fraction of sp³-hybridized carbons (Fsp3) is 0.930. The van der Waals surface area contributed by atoms with Crippen molar-refractivity contribution in [1.29, 1.82) is 0 Å². The molecule has 19 aliphatic carbocycles. The van der Waals surface area contributed by atoms with Crippen LogP contribution in [-0.4, -0.2) is 93.3 Å². The smallest absolute Gasteiger partial charge is 0.311 e. The van der Waals surface area contributed by atoms with Gasteiger partial charge in [-0.05, 0) is 311 Å². The van der Waals surface area contributed by atoms with Crippen LogP contribution in [0.4, 0.5) is 0 Å². The first kappa shape index (κ1) is 81.8. The van der Waals surface area contributed by atoms with Crippen LogP contribution in [0.3, 0.4) is 0 Å². The van der Waals surface area contributed by atoms with Gasteiger partial charge in [0, 0.05) is 5.92 Å². The minimum Gasteiger partial charge on any atom is -0.462 e. The van der Waals surface area contributed by atoms with Gasteiger partial charge in [-0.15, -0.1) is 0 Å². The van der Waals surface area contributed by atoms with Crippen LogP contribution in [0.1, 0.15) is 279 Å². The summed E-state index contributed by atoms with van der Waals surface area (Å²) in [6, 6.07) is 0. The molecule has 0 radical (unpaired) electrons. The molecule has 19 saturated carbocycles. The van der Waals surface area contributed by atoms with Gasteiger partial charge in [0.05, 0.1) is 53.8 Å². The second-order valence-electron chi connectivity index (χ2n) is 36.4. The Morgan fingerprint density at radius 1 is 0.376 bits per heavy atom. The minimum atomic E-state index is -0.417. The summed E-state index contributed by atoms with van der Waals surface area (Å²) >= 11 is 0. The highest BCUT2D eigenvalue weighted by Gasteiger charge is 2.69. The van der Waals surface area contributed by atoms with Gasteiger partial charge in [-0.2, -0.15) is 0 Å². The molecule has 19 rings (SSSR count). The largest absolute Gasteiger partial charge is 0.462 e. The summed E-state index contributed by atoms with van der Waals surface area (Å²) in [5.74, 6) is 14.1. The number of esters is 6. The number of carbonyl (C=O) groups excluding carboxylic acids is 6. The van der Waals surface area contributed by atoms with Gasteiger partial charge in [0.2, 0.25) is 0 Å². The Hall–Kier alpha value is -3.30. The van der Waals surface area contributed by atoms with E-state index in [4.69, 9.17) is 42.6 Å². The highest BCUT2D eigenvalue weighted by atomic mass is 16.7. The lowest BCUT2D eigenvalue weighted by Crippen LogP contribution is -2.49. The van der Waals surface area contributed by atoms with Gasteiger partial charge in [-0.3, -0.25) is 28.8 Å². The van der Waals surface area contributed by atoms with Gasteiger partial charge in [-0.1, -0.05) is 98.4 Å². The fourth-order valence-electron chi connectivity index (χ4n) is 26.5. The molecule has 0 N–H and O–H groups in total. The molecule has 0 spiro atoms. The average molecular weight is 1420 g/mol. The Morgan fingerprint density at radius 2 is 0.752 bits per heavy atom. The SMILES string of the molecule is C.C.C.C.C.C.CCC(C)(C)C(=O)OC1CC2CC1C1C3CC(CC3C(=O)OCOC3C4CC5CC(C4)CC3C5)C21.CCC(C)C(=O)OC1CC2CC(C(=O)OCOCC3CCCCC3)C1C2.CCC(C)C(=O)OC1CC2CC1C1C3CC(CC3C(=O)OCOC3C4CC5CC(C4)CC3C5)C21. The molecule has 0 amide bonds. The average Bonchev–Trinajstić information content (AvgIpc) is 1.55. The number of fused-ring (bicyclic) bond motifs is 20. The number of hydrogen-bond acceptors (Lipinski definition) is 15. The third kappa shape index (κ3) is 16.0. The second kappa shape index (κ2) is 33.9. The summed E-state index contributed by atoms with van der Waals surface area (Å²) in [5.41, 5.74) is -0.417. The molecule has 101 heavy (non-hydrogen) atoms. The molecule has 0 aromatic heterocycles. The van der Waals surface area contributed by atoms with Crippen LogP contribution >= 0.6 is 0 Å². The van der Waals surface area contributed by atoms with E-state index in [2.05, 4.69) is 6.92 Å². The monoisotopic (exact) mass is 1420 g/mol. The van der Waals surface area contributed by atoms with Crippen LogP contribution in [0.2, 0.25) is 0 Å². The van der Waals surface area contributed by atoms with Gasteiger partial charge in [0.25, 0.3) is 0 Å². The molecular weight excluding hydrogens is 1270 g/mol. The fourth-order valence-corrected chi connectivity index (χ4v) is 26.5. The maximum atomic E-state index is 13.2. The van der Waals surface area contributed by atoms with E-state index in [0.717, 1.165) is 99.7 Å². The van der Waals surface area contributed by atoms with Gasteiger partial charge in [0.15, 0.2) is 20.4 Å². The van der Waals surface area contributed by atoms with E-state index >= 15 is 0 Å². The molecule has 0 aliphatic heterocycles. The topological polar surface area (TPSA) is 185 Å². The molecule has 0 aromatic rings. The molecular formula is C86H144O15. The predicted octanol–water partition coefficient (Wildman–Crippen LogP) is 18.7. The normalized spacial score (nSPS) is 43.4. The van der Waals surface area contributed by atoms with Crippen LogP contribution in [-0.2, 0) is 71.4 Å². The molecule has 0 heterocycles. The van der Waals surface area contributed by atoms with Crippen LogP contribution in [0, 0.1) is 171 Å². The molecule has 22 atom stereocenters. The van der Waals surface area contributed by atoms with Gasteiger partial charge >= 0.3 is 35.8 Å². The molecule has 578 valence electrons. The maximum absolute atomic E-state index is 13.2. The summed E-state index contributed by atoms with van der Waals surface area (Å²) in [6.45, 7) is 15.0. The van der Waals surface area contributed by atoms with Crippen molar-refractivity contribution < 1.29 is 71.4 Å². The Morgan fingerprint density at radius 3 is 1.17 bits per heavy atom. The number of carbonyl (C=O) groups is 6. The lowest BCUT2D eigenvalue weighted by atomic mass is 9.55. The Labute approximate surface area is 612 Å². The van der Waals surface area contributed by atoms with Crippen molar-refractivity contribution in [3.8, 4) is 0 Å². The summed E-state index contributed by atoms with van der Waals surface area (Å²) in [4.78, 5) is 76.2. The highest BCUT2D eigenvalue weighted by Crippen LogP contribution is 2.71. The predicted molar refractivity (Wildman–Crippen MR) is 392 cm³/mol. The third-order valence-corrected chi connectivity index (χ3v) is 31.0. The van der Waals surface area contributed by atoms with Crippen LogP contribution in [0.5, 0.6) is 0 Å². The Bertz CT molecular complexity index is 2720. The first-order valence-electron chi connectivity index (χ1n) is 39.8. The quantitative estimate of drug-likeness (QED) is 0.0327. The molecule has 19 fully saturated rings. The highest BCUT2D eigenvalue weighted by molar-refractivity contribution is 5.77. The summed E-state index contributed by atoms with van der Waals surface area (Å²) < 4.78 is 53.0. The standard InChI is InChI=1S/C30H44O5.C29H42O5.C21H34O5.6CH4/c1-4-30(2,3)29(32)35-24-13-18-12-23(24)26-21-10-17(25(18)26)11-22(21)28(31)34-14-33-27-19-6-15-5-16(8-19)9-20(27)7-15;1-3-14(2)28(30)34-24-12-18-11-23(24)26-21-9-17(25(18)26)10-22(21)29(31)33-13-32-27-19-5-15-4-16(7-19)8-20(27)6-15;1-3-14(2)20(22)26-19-11-16-9-17(19)18(10-16)21(23)25-13-24-12-15-7-5-4-6-8-15;;;;;;/h15-27H,4-14H2,1-3H3;14-27H,3-13H2,1-2H3;14-19H,3-13H2,1-2H3;6*1H4. The molecule has 18 bridgehead atoms. The zero-order valence-corrected chi connectivity index (χ0v) is 59.0. The van der Waals surface area contributed by atoms with E-state index < -0.39 is 5.41 Å². The molecule has 19 aliphatic rings. The van der Waals surface area contributed by atoms with Gasteiger partial charge in [0.1, 0.15) is 18.3 Å². The Kier molecular flexibility index (Phi) is 27.4. The zero-order chi connectivity index (χ0) is 65.7. The van der Waals surface area contributed by atoms with E-state index in [-0.39, 0.29) is 155 Å². The van der Waals surface area contributed by atoms with Crippen molar-refractivity contribution in [2.45, 2.75) is 310 Å². The van der Waals surface area contributed by atoms with Crippen molar-refractivity contribution >= 4 is 35.8 Å². The first-order chi connectivity index (χ1) is 45.9. The molecule has 15 nitrogen and oxygen atoms in total. The van der Waals surface area contributed by atoms with Gasteiger partial charge in [-0.25, -0.2) is 0 Å². The second-order valence-corrected chi connectivity index (χ2v) is 36.4. The zero-order valence-electron chi connectivity index (χ0n) is 59.0. The summed E-state index contributed by atoms with van der Waals surface area (Å²) in [5, 5.41) is 0. The lowest BCUT2D eigenvalue weighted by Gasteiger charge is -2.53. The first-order valence-corrected chi connectivity index (χ1v) is 39.8. The van der Waals surface area contributed by atoms with Crippen LogP contribution in [0.15, 0.2) is 0 Å². The minimum absolute atomic E-state index is 0. The maximum Gasteiger partial charge on any atom is 0.311 e. The van der Waals surface area contributed by atoms with Crippen molar-refractivity contribution in [2.75, 3.05) is 27.0 Å². The molecule has 22 unspecified atom stereocenters. The van der Waals surface area contributed by atoms with E-state index in [0.29, 0.717) is 114 Å². The van der Waals surface area contributed by atoms with Crippen molar-refractivity contribution in [3.63, 3.8) is 0 Å². The third-order valence-electron chi connectivity index (χ3n) is 31.0. The number of ether oxygens (including phenoxy) is 9. The van der Waals surface area contributed by atoms with E-state index in [9.17, 15) is 28.8 Å². The van der Waals surface area contributed by atoms with E-state index in [1.165, 1.54) is 122 Å². The summed E-state index contributed by atoms with van der Waals surface area (Å²) in [6.07, 6.45) is 34.4. The molecule has 0 aromatic carbocycles. The summed E-state index contributed by atoms with van der Waals surface area (Å²) in [7, 11) is 0. The van der Waals surface area contributed by atoms with Crippen molar-refractivity contribution in [1.82, 2.24) is 0 Å². The van der Waals surface area contributed by atoms with Crippen LogP contribution < -0.4 is 0 Å².